The molecule has 1 fully saturated rings. The molecule has 0 spiro atoms. The van der Waals surface area contributed by atoms with E-state index in [-0.39, 0.29) is 23.8 Å². The van der Waals surface area contributed by atoms with E-state index < -0.39 is 0 Å². The molecule has 0 saturated carbocycles. The third-order valence-electron chi connectivity index (χ3n) is 5.39. The molecule has 150 valence electrons. The Hall–Kier alpha value is -3.15. The molecule has 3 aromatic rings. The van der Waals surface area contributed by atoms with Gasteiger partial charge in [0.15, 0.2) is 0 Å². The summed E-state index contributed by atoms with van der Waals surface area (Å²) in [6.07, 6.45) is 1.53. The second kappa shape index (κ2) is 8.07. The van der Waals surface area contributed by atoms with Gasteiger partial charge >= 0.3 is 0 Å². The molecular weight excluding hydrogens is 364 g/mol. The zero-order valence-electron chi connectivity index (χ0n) is 16.8. The normalized spacial score (nSPS) is 15.3. The number of hydrogen-bond acceptors (Lipinski definition) is 3. The number of carbonyl (C=O) groups excluding carboxylic acids is 2. The van der Waals surface area contributed by atoms with Crippen molar-refractivity contribution in [3.05, 3.63) is 65.5 Å². The van der Waals surface area contributed by atoms with Gasteiger partial charge < -0.3 is 15.2 Å². The van der Waals surface area contributed by atoms with Crippen molar-refractivity contribution in [3.63, 3.8) is 0 Å². The summed E-state index contributed by atoms with van der Waals surface area (Å²) in [6.45, 7) is 5.47. The molecule has 4 rings (SSSR count). The standard InChI is InChI=1S/C23H26N4O2/c1-15(2)21(22-24-18-9-3-4-10-19(18)25-22)26-23(29)17-8-5-7-16(13-17)14-27-12-6-11-20(27)28/h3-5,7-10,13,15,21H,6,11-12,14H2,1-2H3,(H,24,25)(H,26,29). The van der Waals surface area contributed by atoms with Gasteiger partial charge in [0.05, 0.1) is 17.1 Å². The van der Waals surface area contributed by atoms with Gasteiger partial charge in [-0.2, -0.15) is 0 Å². The molecule has 1 aliphatic rings. The molecule has 0 radical (unpaired) electrons. The Kier molecular flexibility index (Phi) is 5.34. The van der Waals surface area contributed by atoms with Crippen LogP contribution in [0.2, 0.25) is 0 Å². The smallest absolute Gasteiger partial charge is 0.251 e. The first-order chi connectivity index (χ1) is 14.0. The first kappa shape index (κ1) is 19.2. The molecule has 1 atom stereocenters. The van der Waals surface area contributed by atoms with Crippen LogP contribution in [0.4, 0.5) is 0 Å². The van der Waals surface area contributed by atoms with E-state index in [0.29, 0.717) is 18.5 Å². The summed E-state index contributed by atoms with van der Waals surface area (Å²) < 4.78 is 0. The maximum absolute atomic E-state index is 13.0. The fourth-order valence-corrected chi connectivity index (χ4v) is 3.80. The van der Waals surface area contributed by atoms with E-state index >= 15 is 0 Å². The summed E-state index contributed by atoms with van der Waals surface area (Å²) in [7, 11) is 0. The maximum Gasteiger partial charge on any atom is 0.251 e. The van der Waals surface area contributed by atoms with Gasteiger partial charge in [-0.05, 0) is 42.2 Å². The van der Waals surface area contributed by atoms with Crippen molar-refractivity contribution in [1.82, 2.24) is 20.2 Å². The number of nitrogens with zero attached hydrogens (tertiary/aromatic N) is 2. The van der Waals surface area contributed by atoms with Crippen molar-refractivity contribution < 1.29 is 9.59 Å². The first-order valence-corrected chi connectivity index (χ1v) is 10.1. The van der Waals surface area contributed by atoms with Gasteiger partial charge in [-0.3, -0.25) is 9.59 Å². The highest BCUT2D eigenvalue weighted by molar-refractivity contribution is 5.94. The van der Waals surface area contributed by atoms with Crippen LogP contribution in [0.5, 0.6) is 0 Å². The minimum atomic E-state index is -0.223. The Morgan fingerprint density at radius 2 is 2.03 bits per heavy atom. The number of likely N-dealkylation sites (tertiary alicyclic amines) is 1. The van der Waals surface area contributed by atoms with E-state index in [9.17, 15) is 9.59 Å². The molecule has 0 bridgehead atoms. The SMILES string of the molecule is CC(C)C(NC(=O)c1cccc(CN2CCCC2=O)c1)c1nc2ccccc2[nH]1. The number of imidazole rings is 1. The summed E-state index contributed by atoms with van der Waals surface area (Å²) in [6, 6.07) is 15.1. The lowest BCUT2D eigenvalue weighted by molar-refractivity contribution is -0.128. The fourth-order valence-electron chi connectivity index (χ4n) is 3.80. The number of nitrogens with one attached hydrogen (secondary N) is 2. The van der Waals surface area contributed by atoms with E-state index in [1.807, 2.05) is 47.4 Å². The number of para-hydroxylation sites is 2. The highest BCUT2D eigenvalue weighted by Gasteiger charge is 2.23. The Morgan fingerprint density at radius 1 is 1.21 bits per heavy atom. The van der Waals surface area contributed by atoms with Gasteiger partial charge in [0.25, 0.3) is 5.91 Å². The van der Waals surface area contributed by atoms with Gasteiger partial charge in [-0.15, -0.1) is 0 Å². The highest BCUT2D eigenvalue weighted by Crippen LogP contribution is 2.23. The Morgan fingerprint density at radius 3 is 2.76 bits per heavy atom. The fraction of sp³-hybridized carbons (Fsp3) is 0.348. The Balaban J connectivity index is 1.52. The quantitative estimate of drug-likeness (QED) is 0.672. The molecule has 2 heterocycles. The Bertz CT molecular complexity index is 1010. The van der Waals surface area contributed by atoms with Crippen LogP contribution in [0.1, 0.15) is 54.5 Å². The van der Waals surface area contributed by atoms with E-state index in [2.05, 4.69) is 29.1 Å². The first-order valence-electron chi connectivity index (χ1n) is 10.1. The number of H-pyrrole nitrogens is 1. The van der Waals surface area contributed by atoms with Crippen molar-refractivity contribution in [3.8, 4) is 0 Å². The van der Waals surface area contributed by atoms with Gasteiger partial charge in [-0.25, -0.2) is 4.98 Å². The molecule has 0 aliphatic carbocycles. The van der Waals surface area contributed by atoms with Crippen LogP contribution >= 0.6 is 0 Å². The molecule has 1 aromatic heterocycles. The predicted molar refractivity (Wildman–Crippen MR) is 112 cm³/mol. The minimum absolute atomic E-state index is 0.140. The van der Waals surface area contributed by atoms with Gasteiger partial charge in [0.1, 0.15) is 5.82 Å². The molecule has 2 amide bonds. The number of rotatable bonds is 6. The van der Waals surface area contributed by atoms with Crippen molar-refractivity contribution in [1.29, 1.82) is 0 Å². The van der Waals surface area contributed by atoms with Gasteiger partial charge in [-0.1, -0.05) is 38.1 Å². The van der Waals surface area contributed by atoms with Crippen LogP contribution in [0.15, 0.2) is 48.5 Å². The van der Waals surface area contributed by atoms with E-state index in [1.165, 1.54) is 0 Å². The van der Waals surface area contributed by atoms with E-state index in [4.69, 9.17) is 0 Å². The third kappa shape index (κ3) is 4.16. The zero-order chi connectivity index (χ0) is 20.4. The molecule has 2 N–H and O–H groups in total. The average Bonchev–Trinajstić information content (AvgIpc) is 3.32. The lowest BCUT2D eigenvalue weighted by Crippen LogP contribution is -2.32. The summed E-state index contributed by atoms with van der Waals surface area (Å²) in [5.41, 5.74) is 3.41. The van der Waals surface area contributed by atoms with E-state index in [1.54, 1.807) is 6.07 Å². The molecular formula is C23H26N4O2. The number of aromatic amines is 1. The second-order valence-corrected chi connectivity index (χ2v) is 7.95. The lowest BCUT2D eigenvalue weighted by Gasteiger charge is -2.21. The van der Waals surface area contributed by atoms with Crippen molar-refractivity contribution in [2.24, 2.45) is 5.92 Å². The Labute approximate surface area is 170 Å². The molecule has 6 nitrogen and oxygen atoms in total. The molecule has 1 saturated heterocycles. The van der Waals surface area contributed by atoms with Crippen LogP contribution in [0, 0.1) is 5.92 Å². The van der Waals surface area contributed by atoms with E-state index in [0.717, 1.165) is 35.4 Å². The minimum Gasteiger partial charge on any atom is -0.342 e. The van der Waals surface area contributed by atoms with Gasteiger partial charge in [0, 0.05) is 25.1 Å². The maximum atomic E-state index is 13.0. The third-order valence-corrected chi connectivity index (χ3v) is 5.39. The van der Waals surface area contributed by atoms with Crippen molar-refractivity contribution in [2.45, 2.75) is 39.3 Å². The van der Waals surface area contributed by atoms with Gasteiger partial charge in [0.2, 0.25) is 5.91 Å². The van der Waals surface area contributed by atoms with Crippen molar-refractivity contribution >= 4 is 22.8 Å². The van der Waals surface area contributed by atoms with Crippen LogP contribution in [0.3, 0.4) is 0 Å². The summed E-state index contributed by atoms with van der Waals surface area (Å²) >= 11 is 0. The average molecular weight is 390 g/mol. The largest absolute Gasteiger partial charge is 0.342 e. The molecule has 6 heteroatoms. The number of fused-ring (bicyclic) bond motifs is 1. The summed E-state index contributed by atoms with van der Waals surface area (Å²) in [4.78, 5) is 34.7. The van der Waals surface area contributed by atoms with Crippen LogP contribution in [-0.4, -0.2) is 33.2 Å². The second-order valence-electron chi connectivity index (χ2n) is 7.95. The van der Waals surface area contributed by atoms with Crippen LogP contribution in [-0.2, 0) is 11.3 Å². The molecule has 2 aromatic carbocycles. The monoisotopic (exact) mass is 390 g/mol. The topological polar surface area (TPSA) is 78.1 Å². The summed E-state index contributed by atoms with van der Waals surface area (Å²) in [5, 5.41) is 3.13. The zero-order valence-corrected chi connectivity index (χ0v) is 16.8. The highest BCUT2D eigenvalue weighted by atomic mass is 16.2. The number of hydrogen-bond donors (Lipinski definition) is 2. The number of benzene rings is 2. The lowest BCUT2D eigenvalue weighted by atomic mass is 10.0. The van der Waals surface area contributed by atoms with Crippen molar-refractivity contribution in [2.75, 3.05) is 6.54 Å². The summed E-state index contributed by atoms with van der Waals surface area (Å²) in [5.74, 6) is 0.974. The van der Waals surface area contributed by atoms with Crippen LogP contribution < -0.4 is 5.32 Å². The number of aromatic nitrogens is 2. The number of carbonyl (C=O) groups is 2. The molecule has 1 unspecified atom stereocenters. The predicted octanol–water partition coefficient (Wildman–Crippen LogP) is 3.81. The molecule has 1 aliphatic heterocycles. The van der Waals surface area contributed by atoms with Crippen LogP contribution in [0.25, 0.3) is 11.0 Å². The number of amides is 2. The molecule has 29 heavy (non-hydrogen) atoms.